The van der Waals surface area contributed by atoms with Crippen molar-refractivity contribution < 1.29 is 9.47 Å². The Labute approximate surface area is 89.7 Å². The Hall–Kier alpha value is -1.48. The van der Waals surface area contributed by atoms with E-state index in [1.54, 1.807) is 14.2 Å². The lowest BCUT2D eigenvalue weighted by molar-refractivity contribution is 0.393. The molecule has 3 nitrogen and oxygen atoms in total. The summed E-state index contributed by atoms with van der Waals surface area (Å²) in [6.07, 6.45) is 2.18. The number of ether oxygens (including phenoxy) is 2. The molecule has 0 atom stereocenters. The molecule has 0 saturated carbocycles. The molecule has 3 heteroatoms. The van der Waals surface area contributed by atoms with Crippen molar-refractivity contribution >= 4 is 5.57 Å². The molecule has 1 aliphatic rings. The topological polar surface area (TPSA) is 30.5 Å². The van der Waals surface area contributed by atoms with Gasteiger partial charge in [0.2, 0.25) is 0 Å². The standard InChI is InChI=1S/C12H15NO2/c1-14-10-3-4-11(12(7-10)15-2)9-5-6-13-8-9/h3-5,7,13H,6,8H2,1-2H3. The first kappa shape index (κ1) is 10.1. The normalized spacial score (nSPS) is 14.9. The van der Waals surface area contributed by atoms with Crippen LogP contribution in [-0.4, -0.2) is 27.3 Å². The summed E-state index contributed by atoms with van der Waals surface area (Å²) in [7, 11) is 3.34. The van der Waals surface area contributed by atoms with Crippen LogP contribution in [0.1, 0.15) is 5.56 Å². The highest BCUT2D eigenvalue weighted by Gasteiger charge is 2.12. The van der Waals surface area contributed by atoms with Gasteiger partial charge in [-0.05, 0) is 17.7 Å². The van der Waals surface area contributed by atoms with Gasteiger partial charge in [-0.25, -0.2) is 0 Å². The molecule has 0 radical (unpaired) electrons. The van der Waals surface area contributed by atoms with E-state index in [-0.39, 0.29) is 0 Å². The Morgan fingerprint density at radius 1 is 1.20 bits per heavy atom. The van der Waals surface area contributed by atoms with Crippen molar-refractivity contribution in [3.8, 4) is 11.5 Å². The Morgan fingerprint density at radius 3 is 2.67 bits per heavy atom. The molecule has 0 unspecified atom stereocenters. The quantitative estimate of drug-likeness (QED) is 0.814. The maximum Gasteiger partial charge on any atom is 0.130 e. The minimum Gasteiger partial charge on any atom is -0.497 e. The van der Waals surface area contributed by atoms with Gasteiger partial charge in [0.15, 0.2) is 0 Å². The van der Waals surface area contributed by atoms with Crippen LogP contribution >= 0.6 is 0 Å². The lowest BCUT2D eigenvalue weighted by Crippen LogP contribution is -2.07. The molecule has 80 valence electrons. The summed E-state index contributed by atoms with van der Waals surface area (Å²) >= 11 is 0. The molecule has 1 aliphatic heterocycles. The first-order valence-corrected chi connectivity index (χ1v) is 4.97. The van der Waals surface area contributed by atoms with Crippen molar-refractivity contribution in [3.05, 3.63) is 29.8 Å². The highest BCUT2D eigenvalue weighted by Crippen LogP contribution is 2.30. The molecular weight excluding hydrogens is 190 g/mol. The van der Waals surface area contributed by atoms with Crippen molar-refractivity contribution in [3.63, 3.8) is 0 Å². The van der Waals surface area contributed by atoms with E-state index in [1.165, 1.54) is 5.57 Å². The number of hydrogen-bond donors (Lipinski definition) is 1. The van der Waals surface area contributed by atoms with E-state index in [2.05, 4.69) is 11.4 Å². The van der Waals surface area contributed by atoms with Gasteiger partial charge in [-0.1, -0.05) is 6.08 Å². The van der Waals surface area contributed by atoms with E-state index in [1.807, 2.05) is 18.2 Å². The van der Waals surface area contributed by atoms with E-state index < -0.39 is 0 Å². The maximum atomic E-state index is 5.35. The van der Waals surface area contributed by atoms with Crippen LogP contribution in [0.5, 0.6) is 11.5 Å². The number of methoxy groups -OCH3 is 2. The molecular formula is C12H15NO2. The monoisotopic (exact) mass is 205 g/mol. The van der Waals surface area contributed by atoms with Gasteiger partial charge in [0.05, 0.1) is 14.2 Å². The summed E-state index contributed by atoms with van der Waals surface area (Å²) in [5, 5.41) is 3.27. The Morgan fingerprint density at radius 2 is 2.07 bits per heavy atom. The zero-order chi connectivity index (χ0) is 10.7. The second kappa shape index (κ2) is 4.36. The number of rotatable bonds is 3. The van der Waals surface area contributed by atoms with E-state index in [0.717, 1.165) is 30.2 Å². The Bertz CT molecular complexity index is 385. The van der Waals surface area contributed by atoms with Crippen molar-refractivity contribution in [1.82, 2.24) is 5.32 Å². The Balaban J connectivity index is 2.38. The lowest BCUT2D eigenvalue weighted by Gasteiger charge is -2.10. The minimum absolute atomic E-state index is 0.821. The van der Waals surface area contributed by atoms with Gasteiger partial charge in [0, 0.05) is 24.7 Å². The second-order valence-corrected chi connectivity index (χ2v) is 3.43. The molecule has 0 amide bonds. The molecule has 2 rings (SSSR count). The fraction of sp³-hybridized carbons (Fsp3) is 0.333. The average Bonchev–Trinajstić information content (AvgIpc) is 2.81. The van der Waals surface area contributed by atoms with Crippen molar-refractivity contribution in [2.75, 3.05) is 27.3 Å². The van der Waals surface area contributed by atoms with Gasteiger partial charge in [0.1, 0.15) is 11.5 Å². The van der Waals surface area contributed by atoms with E-state index in [0.29, 0.717) is 0 Å². The third-order valence-electron chi connectivity index (χ3n) is 2.56. The molecule has 0 aromatic heterocycles. The van der Waals surface area contributed by atoms with Crippen LogP contribution in [0.2, 0.25) is 0 Å². The number of nitrogens with one attached hydrogen (secondary N) is 1. The Kier molecular flexibility index (Phi) is 2.92. The largest absolute Gasteiger partial charge is 0.497 e. The van der Waals surface area contributed by atoms with Crippen LogP contribution in [0.25, 0.3) is 5.57 Å². The molecule has 1 N–H and O–H groups in total. The predicted molar refractivity (Wildman–Crippen MR) is 60.4 cm³/mol. The molecule has 1 aromatic carbocycles. The molecule has 0 aliphatic carbocycles. The van der Waals surface area contributed by atoms with Crippen LogP contribution in [0, 0.1) is 0 Å². The smallest absolute Gasteiger partial charge is 0.130 e. The summed E-state index contributed by atoms with van der Waals surface area (Å²) in [5.74, 6) is 1.69. The minimum atomic E-state index is 0.821. The lowest BCUT2D eigenvalue weighted by atomic mass is 10.1. The van der Waals surface area contributed by atoms with Gasteiger partial charge in [-0.2, -0.15) is 0 Å². The number of benzene rings is 1. The van der Waals surface area contributed by atoms with Crippen LogP contribution in [0.15, 0.2) is 24.3 Å². The third kappa shape index (κ3) is 1.97. The second-order valence-electron chi connectivity index (χ2n) is 3.43. The van der Waals surface area contributed by atoms with Crippen molar-refractivity contribution in [2.45, 2.75) is 0 Å². The van der Waals surface area contributed by atoms with Crippen LogP contribution in [0.4, 0.5) is 0 Å². The third-order valence-corrected chi connectivity index (χ3v) is 2.56. The summed E-state index contributed by atoms with van der Waals surface area (Å²) in [5.41, 5.74) is 2.43. The first-order valence-electron chi connectivity index (χ1n) is 4.97. The highest BCUT2D eigenvalue weighted by atomic mass is 16.5. The summed E-state index contributed by atoms with van der Waals surface area (Å²) in [4.78, 5) is 0. The van der Waals surface area contributed by atoms with Crippen molar-refractivity contribution in [2.24, 2.45) is 0 Å². The molecule has 0 saturated heterocycles. The first-order chi connectivity index (χ1) is 7.35. The fourth-order valence-corrected chi connectivity index (χ4v) is 1.74. The van der Waals surface area contributed by atoms with Gasteiger partial charge >= 0.3 is 0 Å². The van der Waals surface area contributed by atoms with E-state index >= 15 is 0 Å². The predicted octanol–water partition coefficient (Wildman–Crippen LogP) is 1.69. The summed E-state index contributed by atoms with van der Waals surface area (Å²) in [6, 6.07) is 5.90. The SMILES string of the molecule is COc1ccc(C2=CCNC2)c(OC)c1. The summed E-state index contributed by atoms with van der Waals surface area (Å²) < 4.78 is 10.5. The van der Waals surface area contributed by atoms with E-state index in [4.69, 9.17) is 9.47 Å². The van der Waals surface area contributed by atoms with E-state index in [9.17, 15) is 0 Å². The van der Waals surface area contributed by atoms with Gasteiger partial charge in [-0.3, -0.25) is 0 Å². The molecule has 0 fully saturated rings. The molecule has 0 spiro atoms. The average molecular weight is 205 g/mol. The van der Waals surface area contributed by atoms with Crippen molar-refractivity contribution in [1.29, 1.82) is 0 Å². The summed E-state index contributed by atoms with van der Waals surface area (Å²) in [6.45, 7) is 1.84. The number of hydrogen-bond acceptors (Lipinski definition) is 3. The highest BCUT2D eigenvalue weighted by molar-refractivity contribution is 5.74. The molecule has 15 heavy (non-hydrogen) atoms. The molecule has 1 aromatic rings. The maximum absolute atomic E-state index is 5.35. The van der Waals surface area contributed by atoms with Crippen LogP contribution < -0.4 is 14.8 Å². The molecule has 1 heterocycles. The fourth-order valence-electron chi connectivity index (χ4n) is 1.74. The van der Waals surface area contributed by atoms with Crippen LogP contribution in [0.3, 0.4) is 0 Å². The van der Waals surface area contributed by atoms with Gasteiger partial charge in [-0.15, -0.1) is 0 Å². The van der Waals surface area contributed by atoms with Gasteiger partial charge < -0.3 is 14.8 Å². The zero-order valence-corrected chi connectivity index (χ0v) is 9.04. The zero-order valence-electron chi connectivity index (χ0n) is 9.04. The van der Waals surface area contributed by atoms with Crippen LogP contribution in [-0.2, 0) is 0 Å². The van der Waals surface area contributed by atoms with Gasteiger partial charge in [0.25, 0.3) is 0 Å². The molecule has 0 bridgehead atoms.